The van der Waals surface area contributed by atoms with Gasteiger partial charge in [0.1, 0.15) is 0 Å². The molecule has 0 saturated heterocycles. The number of fused-ring (bicyclic) bond motifs is 8. The molecule has 114 heavy (non-hydrogen) atoms. The van der Waals surface area contributed by atoms with E-state index in [2.05, 4.69) is 336 Å². The summed E-state index contributed by atoms with van der Waals surface area (Å²) in [6.45, 7) is 23.9. The smallest absolute Gasteiger partial charge is 0.0654 e. The Balaban J connectivity index is 1.08. The van der Waals surface area contributed by atoms with Gasteiger partial charge in [-0.2, -0.15) is 0 Å². The molecular weight excluding hydrogens is 1370 g/mol. The summed E-state index contributed by atoms with van der Waals surface area (Å²) in [5.41, 5.74) is 31.9. The lowest BCUT2D eigenvalue weighted by molar-refractivity contribution is 0.587. The molecule has 0 atom stereocenters. The first kappa shape index (κ1) is 80.1. The number of hydrogen-bond donors (Lipinski definition) is 0. The maximum atomic E-state index is 2.86. The van der Waals surface area contributed by atoms with Gasteiger partial charge >= 0.3 is 0 Å². The fourth-order valence-electron chi connectivity index (χ4n) is 21.3. The molecule has 11 aromatic carbocycles. The van der Waals surface area contributed by atoms with Crippen molar-refractivity contribution in [2.24, 2.45) is 0 Å². The molecule has 15 rings (SSSR count). The predicted octanol–water partition coefficient (Wildman–Crippen LogP) is 31.1. The number of rotatable bonds is 36. The second kappa shape index (κ2) is 35.2. The van der Waals surface area contributed by atoms with E-state index in [-0.39, 0.29) is 10.8 Å². The number of allylic oxidation sites excluding steroid dienone is 4. The molecule has 0 heteroatoms. The fourth-order valence-corrected chi connectivity index (χ4v) is 21.3. The van der Waals surface area contributed by atoms with Crippen LogP contribution in [-0.4, -0.2) is 0 Å². The van der Waals surface area contributed by atoms with E-state index in [9.17, 15) is 0 Å². The van der Waals surface area contributed by atoms with Gasteiger partial charge in [0.2, 0.25) is 0 Å². The fraction of sp³-hybridized carbons (Fsp3) is 0.386. The number of aryl methyl sites for hydroxylation is 4. The van der Waals surface area contributed by atoms with Crippen molar-refractivity contribution >= 4 is 22.3 Å². The van der Waals surface area contributed by atoms with Gasteiger partial charge in [-0.1, -0.05) is 452 Å². The van der Waals surface area contributed by atoms with E-state index < -0.39 is 21.7 Å². The average Bonchev–Trinajstić information content (AvgIpc) is 1.47. The molecule has 0 amide bonds. The monoisotopic (exact) mass is 1500 g/mol. The first-order valence-electron chi connectivity index (χ1n) is 45.3. The van der Waals surface area contributed by atoms with Crippen LogP contribution in [0.4, 0.5) is 0 Å². The third-order valence-electron chi connectivity index (χ3n) is 27.3. The maximum Gasteiger partial charge on any atom is 0.0717 e. The van der Waals surface area contributed by atoms with Gasteiger partial charge in [-0.05, 0) is 219 Å². The highest BCUT2D eigenvalue weighted by atomic mass is 14.7. The van der Waals surface area contributed by atoms with Crippen LogP contribution < -0.4 is 0 Å². The van der Waals surface area contributed by atoms with Gasteiger partial charge in [0.25, 0.3) is 0 Å². The average molecular weight is 1500 g/mol. The van der Waals surface area contributed by atoms with Crippen LogP contribution >= 0.6 is 0 Å². The number of benzene rings is 11. The summed E-state index contributed by atoms with van der Waals surface area (Å²) < 4.78 is 0. The predicted molar refractivity (Wildman–Crippen MR) is 490 cm³/mol. The summed E-state index contributed by atoms with van der Waals surface area (Å²) >= 11 is 0. The second-order valence-corrected chi connectivity index (χ2v) is 36.8. The van der Waals surface area contributed by atoms with E-state index in [1.807, 2.05) is 0 Å². The van der Waals surface area contributed by atoms with Gasteiger partial charge in [0, 0.05) is 0 Å². The van der Waals surface area contributed by atoms with Crippen molar-refractivity contribution in [2.75, 3.05) is 0 Å². The van der Waals surface area contributed by atoms with Crippen LogP contribution in [0.1, 0.15) is 346 Å². The second-order valence-electron chi connectivity index (χ2n) is 36.8. The van der Waals surface area contributed by atoms with Crippen LogP contribution in [0.25, 0.3) is 22.3 Å². The van der Waals surface area contributed by atoms with Gasteiger partial charge in [-0.3, -0.25) is 0 Å². The minimum atomic E-state index is -0.813. The van der Waals surface area contributed by atoms with Crippen LogP contribution in [0.15, 0.2) is 267 Å². The normalized spacial score (nSPS) is 15.2. The minimum Gasteiger partial charge on any atom is -0.0654 e. The Morgan fingerprint density at radius 3 is 0.623 bits per heavy atom. The quantitative estimate of drug-likeness (QED) is 0.0343. The Bertz CT molecular complexity index is 4560. The molecule has 0 N–H and O–H groups in total. The Labute approximate surface area is 688 Å². The Kier molecular flexibility index (Phi) is 24.7. The standard InChI is InChI=1S/C114H130/c1-11-15-19-23-27-35-47-83-59-67-91(68-60-83)113(92-69-61-84(62-70-92)48-36-28-24-20-16-12-2)101-79-95(109(5,6)7)75-77-97(101)105-107(113)99-81-104-100(82-103(99)111(105,87-51-39-31-40-52-87)88-53-41-32-42-54-88)108-106(112(104,89-55-43-33-44-56-89)90-57-45-34-46-58-90)98-78-76-96(110(8,9)10)80-102(98)114(108,93-71-63-85(64-72-93)49-37-29-25-21-17-13-3)94-73-65-86(66-74-94)50-38-30-26-22-18-14-4/h31-34,39-46,51-82H,11-30,35-38,47-50H2,1-10H3. The summed E-state index contributed by atoms with van der Waals surface area (Å²) in [6.07, 6.45) is 35.1. The molecule has 4 aliphatic rings. The van der Waals surface area contributed by atoms with Crippen LogP contribution in [0.3, 0.4) is 0 Å². The molecule has 0 bridgehead atoms. The van der Waals surface area contributed by atoms with Gasteiger partial charge in [0.15, 0.2) is 0 Å². The van der Waals surface area contributed by atoms with Crippen molar-refractivity contribution in [1.29, 1.82) is 0 Å². The molecule has 0 spiro atoms. The maximum absolute atomic E-state index is 2.86. The van der Waals surface area contributed by atoms with Crippen LogP contribution in [0, 0.1) is 0 Å². The van der Waals surface area contributed by atoms with Crippen molar-refractivity contribution < 1.29 is 0 Å². The molecule has 0 nitrogen and oxygen atoms in total. The molecule has 0 aromatic heterocycles. The van der Waals surface area contributed by atoms with Crippen LogP contribution in [-0.2, 0) is 58.2 Å². The van der Waals surface area contributed by atoms with E-state index in [0.717, 1.165) is 25.7 Å². The van der Waals surface area contributed by atoms with Gasteiger partial charge < -0.3 is 0 Å². The van der Waals surface area contributed by atoms with Crippen molar-refractivity contribution in [1.82, 2.24) is 0 Å². The zero-order valence-corrected chi connectivity index (χ0v) is 71.2. The van der Waals surface area contributed by atoms with Crippen molar-refractivity contribution in [3.8, 4) is 0 Å². The lowest BCUT2D eigenvalue weighted by Gasteiger charge is -2.41. The molecule has 0 aliphatic heterocycles. The summed E-state index contributed by atoms with van der Waals surface area (Å²) in [5.74, 6) is 0. The first-order valence-corrected chi connectivity index (χ1v) is 45.3. The Hall–Kier alpha value is -9.10. The molecule has 0 radical (unpaired) electrons. The summed E-state index contributed by atoms with van der Waals surface area (Å²) in [5, 5.41) is 0. The van der Waals surface area contributed by atoms with E-state index >= 15 is 0 Å². The molecule has 4 aliphatic carbocycles. The highest BCUT2D eigenvalue weighted by molar-refractivity contribution is 6.19. The Morgan fingerprint density at radius 2 is 0.395 bits per heavy atom. The lowest BCUT2D eigenvalue weighted by Crippen LogP contribution is -2.33. The largest absolute Gasteiger partial charge is 0.0717 e. The highest BCUT2D eigenvalue weighted by Crippen LogP contribution is 2.75. The zero-order valence-electron chi connectivity index (χ0n) is 71.2. The third kappa shape index (κ3) is 14.8. The van der Waals surface area contributed by atoms with E-state index in [1.54, 1.807) is 0 Å². The lowest BCUT2D eigenvalue weighted by atomic mass is 9.60. The molecule has 0 saturated carbocycles. The molecule has 11 aromatic rings. The van der Waals surface area contributed by atoms with Crippen molar-refractivity contribution in [2.45, 2.75) is 282 Å². The minimum absolute atomic E-state index is 0.138. The summed E-state index contributed by atoms with van der Waals surface area (Å²) in [4.78, 5) is 0. The van der Waals surface area contributed by atoms with Gasteiger partial charge in [-0.25, -0.2) is 0 Å². The zero-order chi connectivity index (χ0) is 78.9. The molecule has 586 valence electrons. The SMILES string of the molecule is CCCCCCCCc1ccc(C2(c3ccc(CCCCCCCC)cc3)C3=C(c4ccc(C(C)(C)C)cc42)C(c2ccccc2)(c2ccccc2)c2cc4c(cc23)C(c2ccccc2)(c2ccccc2)C2=C4C(c3ccc(CCCCCCCC)cc3)(c3ccc(CCCCCCCC)cc3)c3cc(C(C)(C)C)ccc32)cc1. The number of unbranched alkanes of at least 4 members (excludes halogenated alkanes) is 20. The third-order valence-corrected chi connectivity index (χ3v) is 27.3. The molecular formula is C114H130. The summed E-state index contributed by atoms with van der Waals surface area (Å²) in [6, 6.07) is 110. The van der Waals surface area contributed by atoms with E-state index in [1.165, 1.54) is 299 Å². The van der Waals surface area contributed by atoms with Crippen molar-refractivity contribution in [3.63, 3.8) is 0 Å². The van der Waals surface area contributed by atoms with E-state index in [0.29, 0.717) is 0 Å². The number of hydrogen-bond acceptors (Lipinski definition) is 0. The van der Waals surface area contributed by atoms with E-state index in [4.69, 9.17) is 0 Å². The van der Waals surface area contributed by atoms with Gasteiger partial charge in [-0.15, -0.1) is 0 Å². The topological polar surface area (TPSA) is 0 Å². The summed E-state index contributed by atoms with van der Waals surface area (Å²) in [7, 11) is 0. The van der Waals surface area contributed by atoms with Crippen molar-refractivity contribution in [3.05, 3.63) is 389 Å². The van der Waals surface area contributed by atoms with Crippen LogP contribution in [0.2, 0.25) is 0 Å². The molecule has 0 fully saturated rings. The molecule has 0 unspecified atom stereocenters. The Morgan fingerprint density at radius 1 is 0.193 bits per heavy atom. The highest BCUT2D eigenvalue weighted by Gasteiger charge is 2.64. The molecule has 0 heterocycles. The van der Waals surface area contributed by atoms with Crippen LogP contribution in [0.5, 0.6) is 0 Å². The van der Waals surface area contributed by atoms with Gasteiger partial charge in [0.05, 0.1) is 21.7 Å². The first-order chi connectivity index (χ1) is 55.7.